The van der Waals surface area contributed by atoms with Crippen LogP contribution in [0.5, 0.6) is 0 Å². The van der Waals surface area contributed by atoms with Gasteiger partial charge in [0.1, 0.15) is 0 Å². The minimum atomic E-state index is 0.377. The third kappa shape index (κ3) is 4.71. The Hall–Kier alpha value is -0.160. The molecule has 0 amide bonds. The van der Waals surface area contributed by atoms with Gasteiger partial charge in [-0.25, -0.2) is 0 Å². The van der Waals surface area contributed by atoms with Crippen molar-refractivity contribution in [3.63, 3.8) is 0 Å². The Kier molecular flexibility index (Phi) is 6.07. The quantitative estimate of drug-likeness (QED) is 0.807. The van der Waals surface area contributed by atoms with E-state index in [4.69, 9.17) is 4.74 Å². The first-order valence-electron chi connectivity index (χ1n) is 7.95. The van der Waals surface area contributed by atoms with E-state index >= 15 is 0 Å². The van der Waals surface area contributed by atoms with Gasteiger partial charge in [-0.15, -0.1) is 0 Å². The van der Waals surface area contributed by atoms with Gasteiger partial charge in [-0.2, -0.15) is 0 Å². The molecule has 2 fully saturated rings. The standard InChI is InChI=1S/C15H31N3O/c1-4-18-9-10-19-15(12-18)11-16-13(2)14-5-7-17(3)8-6-14/h13-16H,4-12H2,1-3H3. The molecule has 0 bridgehead atoms. The van der Waals surface area contributed by atoms with E-state index in [1.807, 2.05) is 0 Å². The summed E-state index contributed by atoms with van der Waals surface area (Å²) in [6.45, 7) is 12.3. The van der Waals surface area contributed by atoms with Crippen LogP contribution in [0.2, 0.25) is 0 Å². The lowest BCUT2D eigenvalue weighted by molar-refractivity contribution is -0.0272. The van der Waals surface area contributed by atoms with Crippen molar-refractivity contribution in [1.82, 2.24) is 15.1 Å². The minimum absolute atomic E-state index is 0.377. The van der Waals surface area contributed by atoms with E-state index in [1.54, 1.807) is 0 Å². The molecule has 2 heterocycles. The van der Waals surface area contributed by atoms with Crippen LogP contribution in [-0.2, 0) is 4.74 Å². The van der Waals surface area contributed by atoms with E-state index in [1.165, 1.54) is 25.9 Å². The van der Waals surface area contributed by atoms with Crippen molar-refractivity contribution in [2.75, 3.05) is 52.9 Å². The number of nitrogens with zero attached hydrogens (tertiary/aromatic N) is 2. The molecule has 0 aliphatic carbocycles. The molecule has 112 valence electrons. The molecule has 0 aromatic carbocycles. The first kappa shape index (κ1) is 15.2. The normalized spacial score (nSPS) is 29.5. The van der Waals surface area contributed by atoms with E-state index in [0.717, 1.165) is 38.7 Å². The molecule has 2 aliphatic rings. The Labute approximate surface area is 118 Å². The number of nitrogens with one attached hydrogen (secondary N) is 1. The van der Waals surface area contributed by atoms with E-state index in [9.17, 15) is 0 Å². The maximum absolute atomic E-state index is 5.85. The SMILES string of the molecule is CCN1CCOC(CNC(C)C2CCN(C)CC2)C1. The maximum Gasteiger partial charge on any atom is 0.0826 e. The van der Waals surface area contributed by atoms with Crippen LogP contribution in [0, 0.1) is 5.92 Å². The summed E-state index contributed by atoms with van der Waals surface area (Å²) >= 11 is 0. The zero-order valence-corrected chi connectivity index (χ0v) is 12.9. The average molecular weight is 269 g/mol. The largest absolute Gasteiger partial charge is 0.374 e. The summed E-state index contributed by atoms with van der Waals surface area (Å²) in [5.74, 6) is 0.835. The summed E-state index contributed by atoms with van der Waals surface area (Å²) in [5, 5.41) is 3.71. The fourth-order valence-corrected chi connectivity index (χ4v) is 3.20. The Balaban J connectivity index is 1.66. The second-order valence-electron chi connectivity index (χ2n) is 6.22. The summed E-state index contributed by atoms with van der Waals surface area (Å²) in [7, 11) is 2.23. The number of likely N-dealkylation sites (tertiary alicyclic amines) is 1. The number of piperidine rings is 1. The third-order valence-corrected chi connectivity index (χ3v) is 4.81. The fourth-order valence-electron chi connectivity index (χ4n) is 3.20. The Bertz CT molecular complexity index is 254. The molecule has 0 saturated carbocycles. The molecule has 0 spiro atoms. The van der Waals surface area contributed by atoms with Crippen molar-refractivity contribution in [3.05, 3.63) is 0 Å². The van der Waals surface area contributed by atoms with Crippen molar-refractivity contribution in [3.8, 4) is 0 Å². The van der Waals surface area contributed by atoms with Gasteiger partial charge in [0.05, 0.1) is 12.7 Å². The van der Waals surface area contributed by atoms with Gasteiger partial charge < -0.3 is 15.0 Å². The van der Waals surface area contributed by atoms with Crippen LogP contribution < -0.4 is 5.32 Å². The summed E-state index contributed by atoms with van der Waals surface area (Å²) in [5.41, 5.74) is 0. The number of morpholine rings is 1. The van der Waals surface area contributed by atoms with Gasteiger partial charge in [-0.1, -0.05) is 6.92 Å². The first-order chi connectivity index (χ1) is 9.19. The van der Waals surface area contributed by atoms with Gasteiger partial charge in [0.2, 0.25) is 0 Å². The van der Waals surface area contributed by atoms with Gasteiger partial charge in [-0.05, 0) is 52.4 Å². The molecular weight excluding hydrogens is 238 g/mol. The topological polar surface area (TPSA) is 27.7 Å². The van der Waals surface area contributed by atoms with Crippen LogP contribution in [0.1, 0.15) is 26.7 Å². The number of hydrogen-bond acceptors (Lipinski definition) is 4. The van der Waals surface area contributed by atoms with Crippen LogP contribution in [-0.4, -0.2) is 74.9 Å². The molecule has 1 N–H and O–H groups in total. The highest BCUT2D eigenvalue weighted by Crippen LogP contribution is 2.19. The molecule has 2 unspecified atom stereocenters. The van der Waals surface area contributed by atoms with Crippen LogP contribution in [0.3, 0.4) is 0 Å². The molecule has 19 heavy (non-hydrogen) atoms. The molecule has 2 saturated heterocycles. The molecule has 2 rings (SSSR count). The van der Waals surface area contributed by atoms with Gasteiger partial charge in [0.25, 0.3) is 0 Å². The highest BCUT2D eigenvalue weighted by Gasteiger charge is 2.24. The van der Waals surface area contributed by atoms with Crippen molar-refractivity contribution in [2.45, 2.75) is 38.8 Å². The van der Waals surface area contributed by atoms with Crippen molar-refractivity contribution in [2.24, 2.45) is 5.92 Å². The van der Waals surface area contributed by atoms with Gasteiger partial charge in [-0.3, -0.25) is 4.90 Å². The van der Waals surface area contributed by atoms with Gasteiger partial charge in [0.15, 0.2) is 0 Å². The number of rotatable bonds is 5. The lowest BCUT2D eigenvalue weighted by atomic mass is 9.90. The summed E-state index contributed by atoms with van der Waals surface area (Å²) in [6.07, 6.45) is 3.04. The predicted molar refractivity (Wildman–Crippen MR) is 79.5 cm³/mol. The second kappa shape index (κ2) is 7.58. The Morgan fingerprint density at radius 1 is 1.26 bits per heavy atom. The highest BCUT2D eigenvalue weighted by molar-refractivity contribution is 4.80. The van der Waals surface area contributed by atoms with Crippen LogP contribution in [0.4, 0.5) is 0 Å². The Morgan fingerprint density at radius 2 is 2.00 bits per heavy atom. The summed E-state index contributed by atoms with van der Waals surface area (Å²) in [4.78, 5) is 4.92. The van der Waals surface area contributed by atoms with E-state index in [-0.39, 0.29) is 0 Å². The minimum Gasteiger partial charge on any atom is -0.374 e. The zero-order valence-electron chi connectivity index (χ0n) is 12.9. The molecule has 2 aliphatic heterocycles. The fraction of sp³-hybridized carbons (Fsp3) is 1.00. The molecule has 0 aromatic rings. The van der Waals surface area contributed by atoms with Crippen LogP contribution in [0.25, 0.3) is 0 Å². The molecular formula is C15H31N3O. The zero-order chi connectivity index (χ0) is 13.7. The first-order valence-corrected chi connectivity index (χ1v) is 7.95. The Morgan fingerprint density at radius 3 is 2.68 bits per heavy atom. The smallest absolute Gasteiger partial charge is 0.0826 e. The van der Waals surface area contributed by atoms with Crippen molar-refractivity contribution >= 4 is 0 Å². The summed E-state index contributed by atoms with van der Waals surface area (Å²) in [6, 6.07) is 0.620. The van der Waals surface area contributed by atoms with E-state index in [0.29, 0.717) is 12.1 Å². The van der Waals surface area contributed by atoms with E-state index in [2.05, 4.69) is 36.0 Å². The monoisotopic (exact) mass is 269 g/mol. The second-order valence-corrected chi connectivity index (χ2v) is 6.22. The lowest BCUT2D eigenvalue weighted by Gasteiger charge is -2.36. The lowest BCUT2D eigenvalue weighted by Crippen LogP contribution is -2.49. The molecule has 0 aromatic heterocycles. The van der Waals surface area contributed by atoms with Crippen LogP contribution >= 0.6 is 0 Å². The number of likely N-dealkylation sites (N-methyl/N-ethyl adjacent to an activating group) is 1. The molecule has 0 radical (unpaired) electrons. The van der Waals surface area contributed by atoms with Crippen molar-refractivity contribution in [1.29, 1.82) is 0 Å². The molecule has 2 atom stereocenters. The van der Waals surface area contributed by atoms with Gasteiger partial charge >= 0.3 is 0 Å². The van der Waals surface area contributed by atoms with Gasteiger partial charge in [0, 0.05) is 25.7 Å². The van der Waals surface area contributed by atoms with Crippen LogP contribution in [0.15, 0.2) is 0 Å². The maximum atomic E-state index is 5.85. The number of ether oxygens (including phenoxy) is 1. The average Bonchev–Trinajstić information content (AvgIpc) is 2.46. The molecule has 4 nitrogen and oxygen atoms in total. The summed E-state index contributed by atoms with van der Waals surface area (Å²) < 4.78 is 5.85. The number of hydrogen-bond donors (Lipinski definition) is 1. The predicted octanol–water partition coefficient (Wildman–Crippen LogP) is 1.03. The van der Waals surface area contributed by atoms with Crippen molar-refractivity contribution < 1.29 is 4.74 Å². The van der Waals surface area contributed by atoms with E-state index < -0.39 is 0 Å². The third-order valence-electron chi connectivity index (χ3n) is 4.81. The highest BCUT2D eigenvalue weighted by atomic mass is 16.5. The molecule has 4 heteroatoms.